The van der Waals surface area contributed by atoms with Gasteiger partial charge in [0.25, 0.3) is 0 Å². The van der Waals surface area contributed by atoms with Crippen LogP contribution in [0, 0.1) is 0 Å². The largest absolute Gasteiger partial charge is 1.00 e. The fraction of sp³-hybridized carbons (Fsp3) is 0.200. The molecular formula is C10H14BrP. The van der Waals surface area contributed by atoms with Crippen molar-refractivity contribution in [3.63, 3.8) is 0 Å². The highest BCUT2D eigenvalue weighted by atomic mass is 79.9. The van der Waals surface area contributed by atoms with Crippen molar-refractivity contribution >= 4 is 14.0 Å². The maximum absolute atomic E-state index is 2.31. The molecule has 0 aromatic heterocycles. The molecule has 12 heavy (non-hydrogen) atoms. The Morgan fingerprint density at radius 3 is 2.17 bits per heavy atom. The van der Waals surface area contributed by atoms with Gasteiger partial charge in [0.2, 0.25) is 0 Å². The second-order valence-corrected chi connectivity index (χ2v) is 5.31. The summed E-state index contributed by atoms with van der Waals surface area (Å²) in [6.07, 6.45) is 2.20. The maximum atomic E-state index is 2.31. The molecule has 0 saturated carbocycles. The highest BCUT2D eigenvalue weighted by Crippen LogP contribution is 2.26. The Labute approximate surface area is 86.2 Å². The smallest absolute Gasteiger partial charge is 0.0563 e. The molecule has 0 aliphatic carbocycles. The molecule has 0 saturated heterocycles. The first-order valence-corrected chi connectivity index (χ1v) is 6.40. The average molecular weight is 245 g/mol. The van der Waals surface area contributed by atoms with Gasteiger partial charge < -0.3 is 17.0 Å². The van der Waals surface area contributed by atoms with Crippen molar-refractivity contribution in [2.75, 3.05) is 13.3 Å². The Bertz CT molecular complexity index is 229. The van der Waals surface area contributed by atoms with Gasteiger partial charge in [-0.15, -0.1) is 0 Å². The molecule has 0 aliphatic heterocycles. The molecule has 2 heteroatoms. The summed E-state index contributed by atoms with van der Waals surface area (Å²) >= 11 is 0. The first-order valence-electron chi connectivity index (χ1n) is 3.82. The van der Waals surface area contributed by atoms with E-state index in [-0.39, 0.29) is 24.9 Å². The molecule has 0 spiro atoms. The Hall–Kier alpha value is -0.130. The van der Waals surface area contributed by atoms with Crippen molar-refractivity contribution in [2.24, 2.45) is 0 Å². The van der Waals surface area contributed by atoms with Crippen molar-refractivity contribution < 1.29 is 17.0 Å². The lowest BCUT2D eigenvalue weighted by atomic mass is 10.2. The van der Waals surface area contributed by atoms with Gasteiger partial charge >= 0.3 is 0 Å². The van der Waals surface area contributed by atoms with E-state index >= 15 is 0 Å². The first-order chi connectivity index (χ1) is 5.29. The third-order valence-electron chi connectivity index (χ3n) is 1.41. The second kappa shape index (κ2) is 6.39. The summed E-state index contributed by atoms with van der Waals surface area (Å²) in [7, 11) is -0.213. The first kappa shape index (κ1) is 11.9. The van der Waals surface area contributed by atoms with Crippen LogP contribution in [0.2, 0.25) is 0 Å². The number of halogens is 1. The molecule has 0 atom stereocenters. The highest BCUT2D eigenvalue weighted by Gasteiger charge is 1.90. The van der Waals surface area contributed by atoms with Crippen LogP contribution in [-0.4, -0.2) is 13.3 Å². The van der Waals surface area contributed by atoms with E-state index in [1.807, 2.05) is 6.07 Å². The molecule has 0 N–H and O–H groups in total. The van der Waals surface area contributed by atoms with Crippen molar-refractivity contribution in [1.82, 2.24) is 0 Å². The fourth-order valence-corrected chi connectivity index (χ4v) is 1.35. The van der Waals surface area contributed by atoms with Crippen molar-refractivity contribution in [2.45, 2.75) is 0 Å². The number of hydrogen-bond acceptors (Lipinski definition) is 0. The lowest BCUT2D eigenvalue weighted by Gasteiger charge is -1.89. The minimum Gasteiger partial charge on any atom is -1.00 e. The lowest BCUT2D eigenvalue weighted by Crippen LogP contribution is -3.00. The van der Waals surface area contributed by atoms with Crippen LogP contribution in [0.15, 0.2) is 36.1 Å². The number of rotatable bonds is 2. The average Bonchev–Trinajstić information content (AvgIpc) is 2.03. The van der Waals surface area contributed by atoms with E-state index in [4.69, 9.17) is 0 Å². The van der Waals surface area contributed by atoms with Crippen LogP contribution in [0.1, 0.15) is 5.56 Å². The summed E-state index contributed by atoms with van der Waals surface area (Å²) in [6.45, 7) is 4.56. The van der Waals surface area contributed by atoms with Crippen LogP contribution in [0.3, 0.4) is 0 Å². The molecule has 0 amide bonds. The van der Waals surface area contributed by atoms with Crippen LogP contribution in [0.4, 0.5) is 0 Å². The number of benzene rings is 1. The van der Waals surface area contributed by atoms with Gasteiger partial charge in [-0.1, -0.05) is 30.3 Å². The second-order valence-electron chi connectivity index (χ2n) is 2.82. The molecule has 0 radical (unpaired) electrons. The van der Waals surface area contributed by atoms with E-state index < -0.39 is 0 Å². The lowest BCUT2D eigenvalue weighted by molar-refractivity contribution is -0.00000230. The Morgan fingerprint density at radius 1 is 1.08 bits per heavy atom. The summed E-state index contributed by atoms with van der Waals surface area (Å²) in [5, 5.41) is 0. The van der Waals surface area contributed by atoms with Gasteiger partial charge in [-0.25, -0.2) is 0 Å². The molecular weight excluding hydrogens is 231 g/mol. The molecule has 0 heterocycles. The van der Waals surface area contributed by atoms with Gasteiger partial charge in [0.05, 0.1) is 19.1 Å². The zero-order chi connectivity index (χ0) is 8.10. The van der Waals surface area contributed by atoms with Crippen LogP contribution >= 0.6 is 7.92 Å². The molecule has 66 valence electrons. The van der Waals surface area contributed by atoms with Crippen LogP contribution in [0.25, 0.3) is 6.08 Å². The van der Waals surface area contributed by atoms with Gasteiger partial charge in [0, 0.05) is 7.92 Å². The summed E-state index contributed by atoms with van der Waals surface area (Å²) < 4.78 is 0. The zero-order valence-corrected chi connectivity index (χ0v) is 10.0. The van der Waals surface area contributed by atoms with Crippen LogP contribution < -0.4 is 17.0 Å². The van der Waals surface area contributed by atoms with Crippen LogP contribution in [0.5, 0.6) is 0 Å². The Kier molecular flexibility index (Phi) is 6.32. The van der Waals surface area contributed by atoms with E-state index in [9.17, 15) is 0 Å². The normalized spacial score (nSPS) is 10.2. The monoisotopic (exact) mass is 244 g/mol. The number of hydrogen-bond donors (Lipinski definition) is 0. The van der Waals surface area contributed by atoms with Gasteiger partial charge in [0.1, 0.15) is 0 Å². The van der Waals surface area contributed by atoms with Crippen molar-refractivity contribution in [1.29, 1.82) is 0 Å². The molecule has 0 unspecified atom stereocenters. The summed E-state index contributed by atoms with van der Waals surface area (Å²) in [5.41, 5.74) is 1.30. The molecule has 1 aromatic carbocycles. The standard InChI is InChI=1S/C10H13P.BrH/c1-11(2)9-8-10-6-4-3-5-7-10;/h3-9H,1-2H3;1H. The molecule has 0 bridgehead atoms. The minimum atomic E-state index is -0.213. The van der Waals surface area contributed by atoms with Gasteiger partial charge in [0.15, 0.2) is 0 Å². The van der Waals surface area contributed by atoms with Crippen molar-refractivity contribution in [3.8, 4) is 0 Å². The molecule has 0 fully saturated rings. The van der Waals surface area contributed by atoms with Crippen molar-refractivity contribution in [3.05, 3.63) is 41.7 Å². The summed E-state index contributed by atoms with van der Waals surface area (Å²) in [5.74, 6) is 2.31. The zero-order valence-electron chi connectivity index (χ0n) is 7.42. The quantitative estimate of drug-likeness (QED) is 0.650. The SMILES string of the molecule is C[PH+](C)C=Cc1ccccc1.[Br-]. The van der Waals surface area contributed by atoms with Gasteiger partial charge in [-0.05, 0) is 11.6 Å². The van der Waals surface area contributed by atoms with E-state index in [1.165, 1.54) is 5.56 Å². The molecule has 0 aliphatic rings. The fourth-order valence-electron chi connectivity index (χ4n) is 0.827. The van der Waals surface area contributed by atoms with E-state index in [0.717, 1.165) is 0 Å². The Balaban J connectivity index is 0.00000121. The molecule has 1 rings (SSSR count). The maximum Gasteiger partial charge on any atom is 0.0563 e. The van der Waals surface area contributed by atoms with Gasteiger partial charge in [-0.2, -0.15) is 0 Å². The third-order valence-corrected chi connectivity index (χ3v) is 2.24. The molecule has 1 aromatic rings. The minimum absolute atomic E-state index is 0. The topological polar surface area (TPSA) is 0 Å². The molecule has 0 nitrogen and oxygen atoms in total. The van der Waals surface area contributed by atoms with E-state index in [2.05, 4.69) is 49.5 Å². The van der Waals surface area contributed by atoms with E-state index in [0.29, 0.717) is 0 Å². The predicted molar refractivity (Wildman–Crippen MR) is 55.6 cm³/mol. The summed E-state index contributed by atoms with van der Waals surface area (Å²) in [4.78, 5) is 0. The highest BCUT2D eigenvalue weighted by molar-refractivity contribution is 7.59. The van der Waals surface area contributed by atoms with Crippen LogP contribution in [-0.2, 0) is 0 Å². The Morgan fingerprint density at radius 2 is 1.67 bits per heavy atom. The van der Waals surface area contributed by atoms with Gasteiger partial charge in [-0.3, -0.25) is 0 Å². The third kappa shape index (κ3) is 4.69. The predicted octanol–water partition coefficient (Wildman–Crippen LogP) is 0.135. The summed E-state index contributed by atoms with van der Waals surface area (Å²) in [6, 6.07) is 10.4. The van der Waals surface area contributed by atoms with E-state index in [1.54, 1.807) is 0 Å².